The van der Waals surface area contributed by atoms with Crippen LogP contribution in [0.2, 0.25) is 10.0 Å². The van der Waals surface area contributed by atoms with E-state index in [9.17, 15) is 4.79 Å². The number of benzene rings is 2. The lowest BCUT2D eigenvalue weighted by Crippen LogP contribution is -2.19. The van der Waals surface area contributed by atoms with E-state index in [0.717, 1.165) is 8.95 Å². The van der Waals surface area contributed by atoms with Gasteiger partial charge in [-0.05, 0) is 52.3 Å². The van der Waals surface area contributed by atoms with Crippen LogP contribution in [0.5, 0.6) is 0 Å². The van der Waals surface area contributed by atoms with Crippen LogP contribution in [0.3, 0.4) is 0 Å². The monoisotopic (exact) mass is 436 g/mol. The molecule has 20 heavy (non-hydrogen) atoms. The first-order chi connectivity index (χ1) is 9.45. The summed E-state index contributed by atoms with van der Waals surface area (Å²) in [6.07, 6.45) is 0. The zero-order chi connectivity index (χ0) is 14.7. The molecule has 0 radical (unpaired) electrons. The molecule has 0 aliphatic rings. The standard InChI is InChI=1S/C13H8Br2Cl2N2O/c14-7-1-4-12(9(15)5-7)19-13(20)18-8-2-3-10(16)11(17)6-8/h1-6H,(H2,18,19,20). The number of anilines is 2. The molecular formula is C13H8Br2Cl2N2O. The Labute approximate surface area is 142 Å². The smallest absolute Gasteiger partial charge is 0.308 e. The molecule has 7 heteroatoms. The molecule has 2 aromatic rings. The van der Waals surface area contributed by atoms with E-state index in [1.165, 1.54) is 0 Å². The molecule has 3 nitrogen and oxygen atoms in total. The number of carbonyl (C=O) groups is 1. The van der Waals surface area contributed by atoms with Gasteiger partial charge in [0.25, 0.3) is 0 Å². The largest absolute Gasteiger partial charge is 0.323 e. The second kappa shape index (κ2) is 6.80. The van der Waals surface area contributed by atoms with Gasteiger partial charge in [0.1, 0.15) is 0 Å². The van der Waals surface area contributed by atoms with Crippen molar-refractivity contribution in [3.63, 3.8) is 0 Å². The zero-order valence-electron chi connectivity index (χ0n) is 9.88. The molecule has 0 heterocycles. The molecule has 0 unspecified atom stereocenters. The Morgan fingerprint density at radius 1 is 0.950 bits per heavy atom. The maximum atomic E-state index is 11.9. The van der Waals surface area contributed by atoms with Gasteiger partial charge >= 0.3 is 6.03 Å². The normalized spacial score (nSPS) is 10.2. The van der Waals surface area contributed by atoms with Gasteiger partial charge in [-0.15, -0.1) is 0 Å². The van der Waals surface area contributed by atoms with Crippen LogP contribution >= 0.6 is 55.1 Å². The fourth-order valence-electron chi connectivity index (χ4n) is 1.45. The summed E-state index contributed by atoms with van der Waals surface area (Å²) in [6.45, 7) is 0. The molecule has 0 fully saturated rings. The number of hydrogen-bond donors (Lipinski definition) is 2. The molecule has 0 atom stereocenters. The number of amides is 2. The van der Waals surface area contributed by atoms with Gasteiger partial charge in [0.2, 0.25) is 0 Å². The van der Waals surface area contributed by atoms with Crippen LogP contribution in [0.1, 0.15) is 0 Å². The van der Waals surface area contributed by atoms with E-state index < -0.39 is 0 Å². The third-order valence-electron chi connectivity index (χ3n) is 2.36. The molecule has 0 saturated heterocycles. The van der Waals surface area contributed by atoms with Crippen LogP contribution in [0, 0.1) is 0 Å². The molecule has 0 aliphatic carbocycles. The summed E-state index contributed by atoms with van der Waals surface area (Å²) in [5, 5.41) is 6.22. The van der Waals surface area contributed by atoms with E-state index in [0.29, 0.717) is 21.4 Å². The Bertz CT molecular complexity index is 665. The average molecular weight is 439 g/mol. The van der Waals surface area contributed by atoms with E-state index in [1.54, 1.807) is 24.3 Å². The van der Waals surface area contributed by atoms with Crippen molar-refractivity contribution in [1.29, 1.82) is 0 Å². The summed E-state index contributed by atoms with van der Waals surface area (Å²) < 4.78 is 1.69. The molecule has 0 bridgehead atoms. The SMILES string of the molecule is O=C(Nc1ccc(Cl)c(Cl)c1)Nc1ccc(Br)cc1Br. The number of halogens is 4. The molecule has 2 N–H and O–H groups in total. The van der Waals surface area contributed by atoms with E-state index >= 15 is 0 Å². The van der Waals surface area contributed by atoms with Crippen molar-refractivity contribution in [2.75, 3.05) is 10.6 Å². The summed E-state index contributed by atoms with van der Waals surface area (Å²) in [5.74, 6) is 0. The third kappa shape index (κ3) is 4.12. The third-order valence-corrected chi connectivity index (χ3v) is 4.25. The summed E-state index contributed by atoms with van der Waals surface area (Å²) in [4.78, 5) is 11.9. The molecule has 0 spiro atoms. The predicted molar refractivity (Wildman–Crippen MR) is 90.9 cm³/mol. The number of carbonyl (C=O) groups excluding carboxylic acids is 1. The summed E-state index contributed by atoms with van der Waals surface area (Å²) >= 11 is 18.4. The second-order valence-corrected chi connectivity index (χ2v) is 6.42. The fourth-order valence-corrected chi connectivity index (χ4v) is 2.89. The molecule has 104 valence electrons. The van der Waals surface area contributed by atoms with E-state index in [2.05, 4.69) is 42.5 Å². The first-order valence-corrected chi connectivity index (χ1v) is 7.78. The first-order valence-electron chi connectivity index (χ1n) is 5.44. The van der Waals surface area contributed by atoms with Crippen molar-refractivity contribution >= 4 is 72.5 Å². The number of urea groups is 1. The molecule has 0 aromatic heterocycles. The minimum absolute atomic E-state index is 0.369. The summed E-state index contributed by atoms with van der Waals surface area (Å²) in [5.41, 5.74) is 1.22. The second-order valence-electron chi connectivity index (χ2n) is 3.83. The van der Waals surface area contributed by atoms with Gasteiger partial charge in [-0.2, -0.15) is 0 Å². The van der Waals surface area contributed by atoms with Gasteiger partial charge in [0.05, 0.1) is 15.7 Å². The van der Waals surface area contributed by atoms with Crippen LogP contribution < -0.4 is 10.6 Å². The Kier molecular flexibility index (Phi) is 5.32. The van der Waals surface area contributed by atoms with Crippen LogP contribution in [-0.4, -0.2) is 6.03 Å². The lowest BCUT2D eigenvalue weighted by Gasteiger charge is -2.10. The summed E-state index contributed by atoms with van der Waals surface area (Å²) in [7, 11) is 0. The fraction of sp³-hybridized carbons (Fsp3) is 0. The maximum absolute atomic E-state index is 11.9. The van der Waals surface area contributed by atoms with Crippen molar-refractivity contribution in [3.05, 3.63) is 55.4 Å². The highest BCUT2D eigenvalue weighted by atomic mass is 79.9. The Morgan fingerprint density at radius 2 is 1.70 bits per heavy atom. The van der Waals surface area contributed by atoms with Crippen molar-refractivity contribution in [1.82, 2.24) is 0 Å². The molecular weight excluding hydrogens is 431 g/mol. The quantitative estimate of drug-likeness (QED) is 0.579. The molecule has 2 rings (SSSR count). The van der Waals surface area contributed by atoms with Crippen LogP contribution in [0.4, 0.5) is 16.2 Å². The van der Waals surface area contributed by atoms with E-state index in [4.69, 9.17) is 23.2 Å². The first kappa shape index (κ1) is 15.6. The van der Waals surface area contributed by atoms with Crippen LogP contribution in [0.15, 0.2) is 45.3 Å². The van der Waals surface area contributed by atoms with Crippen molar-refractivity contribution in [3.8, 4) is 0 Å². The van der Waals surface area contributed by atoms with E-state index in [-0.39, 0.29) is 6.03 Å². The van der Waals surface area contributed by atoms with Gasteiger partial charge in [0, 0.05) is 14.6 Å². The van der Waals surface area contributed by atoms with Crippen LogP contribution in [-0.2, 0) is 0 Å². The Morgan fingerprint density at radius 3 is 2.35 bits per heavy atom. The molecule has 2 amide bonds. The lowest BCUT2D eigenvalue weighted by atomic mass is 10.3. The number of hydrogen-bond acceptors (Lipinski definition) is 1. The van der Waals surface area contributed by atoms with Gasteiger partial charge in [-0.25, -0.2) is 4.79 Å². The van der Waals surface area contributed by atoms with Crippen LogP contribution in [0.25, 0.3) is 0 Å². The van der Waals surface area contributed by atoms with Crippen molar-refractivity contribution in [2.45, 2.75) is 0 Å². The van der Waals surface area contributed by atoms with Gasteiger partial charge < -0.3 is 10.6 Å². The van der Waals surface area contributed by atoms with Gasteiger partial charge in [-0.3, -0.25) is 0 Å². The van der Waals surface area contributed by atoms with E-state index in [1.807, 2.05) is 12.1 Å². The Balaban J connectivity index is 2.07. The molecule has 0 saturated carbocycles. The van der Waals surface area contributed by atoms with Crippen molar-refractivity contribution < 1.29 is 4.79 Å². The number of rotatable bonds is 2. The topological polar surface area (TPSA) is 41.1 Å². The van der Waals surface area contributed by atoms with Crippen molar-refractivity contribution in [2.24, 2.45) is 0 Å². The van der Waals surface area contributed by atoms with Gasteiger partial charge in [-0.1, -0.05) is 39.1 Å². The molecule has 0 aliphatic heterocycles. The minimum Gasteiger partial charge on any atom is -0.308 e. The Hall–Kier alpha value is -0.750. The predicted octanol–water partition coefficient (Wildman–Crippen LogP) is 6.16. The highest BCUT2D eigenvalue weighted by molar-refractivity contribution is 9.11. The molecule has 2 aromatic carbocycles. The maximum Gasteiger partial charge on any atom is 0.323 e. The number of nitrogens with one attached hydrogen (secondary N) is 2. The average Bonchev–Trinajstić information content (AvgIpc) is 2.37. The highest BCUT2D eigenvalue weighted by Gasteiger charge is 2.07. The summed E-state index contributed by atoms with van der Waals surface area (Å²) in [6, 6.07) is 9.96. The zero-order valence-corrected chi connectivity index (χ0v) is 14.6. The van der Waals surface area contributed by atoms with Gasteiger partial charge in [0.15, 0.2) is 0 Å². The highest BCUT2D eigenvalue weighted by Crippen LogP contribution is 2.27. The lowest BCUT2D eigenvalue weighted by molar-refractivity contribution is 0.262. The minimum atomic E-state index is -0.369.